The second-order valence-electron chi connectivity index (χ2n) is 2.97. The minimum atomic E-state index is -0.0733. The standard InChI is InChI=1S/C10H15N3O2/c1-11-9-4-3-8(7-12-9)13-10(14)5-6-15-2/h3-4,7H,5-6H2,1-2H3,(H,11,12)(H,13,14). The van der Waals surface area contributed by atoms with Crippen LogP contribution in [0, 0.1) is 0 Å². The van der Waals surface area contributed by atoms with Crippen LogP contribution in [-0.2, 0) is 9.53 Å². The average Bonchev–Trinajstić information content (AvgIpc) is 2.27. The lowest BCUT2D eigenvalue weighted by atomic mass is 10.3. The number of pyridine rings is 1. The molecule has 0 aliphatic heterocycles. The number of nitrogens with one attached hydrogen (secondary N) is 2. The summed E-state index contributed by atoms with van der Waals surface area (Å²) in [7, 11) is 3.36. The van der Waals surface area contributed by atoms with Gasteiger partial charge in [0, 0.05) is 14.2 Å². The summed E-state index contributed by atoms with van der Waals surface area (Å²) in [6.07, 6.45) is 1.96. The number of rotatable bonds is 5. The maximum Gasteiger partial charge on any atom is 0.226 e. The van der Waals surface area contributed by atoms with Gasteiger partial charge in [0.1, 0.15) is 5.82 Å². The van der Waals surface area contributed by atoms with Crippen LogP contribution in [0.5, 0.6) is 0 Å². The molecule has 15 heavy (non-hydrogen) atoms. The third kappa shape index (κ3) is 3.95. The quantitative estimate of drug-likeness (QED) is 0.762. The Morgan fingerprint density at radius 2 is 2.33 bits per heavy atom. The number of nitrogens with zero attached hydrogens (tertiary/aromatic N) is 1. The molecular formula is C10H15N3O2. The van der Waals surface area contributed by atoms with Crippen LogP contribution >= 0.6 is 0 Å². The van der Waals surface area contributed by atoms with E-state index in [1.165, 1.54) is 0 Å². The number of aromatic nitrogens is 1. The van der Waals surface area contributed by atoms with Crippen molar-refractivity contribution in [2.24, 2.45) is 0 Å². The molecule has 0 saturated carbocycles. The first-order valence-corrected chi connectivity index (χ1v) is 4.69. The molecule has 0 spiro atoms. The summed E-state index contributed by atoms with van der Waals surface area (Å²) in [5, 5.41) is 5.62. The Balaban J connectivity index is 2.46. The van der Waals surface area contributed by atoms with E-state index in [0.717, 1.165) is 5.82 Å². The van der Waals surface area contributed by atoms with E-state index in [2.05, 4.69) is 15.6 Å². The highest BCUT2D eigenvalue weighted by atomic mass is 16.5. The minimum absolute atomic E-state index is 0.0733. The number of ether oxygens (including phenoxy) is 1. The molecule has 0 radical (unpaired) electrons. The molecule has 1 aromatic rings. The van der Waals surface area contributed by atoms with Crippen LogP contribution in [0.4, 0.5) is 11.5 Å². The molecule has 1 heterocycles. The molecule has 82 valence electrons. The van der Waals surface area contributed by atoms with E-state index in [9.17, 15) is 4.79 Å². The molecular weight excluding hydrogens is 194 g/mol. The van der Waals surface area contributed by atoms with E-state index < -0.39 is 0 Å². The molecule has 0 aromatic carbocycles. The predicted molar refractivity (Wildman–Crippen MR) is 58.9 cm³/mol. The summed E-state index contributed by atoms with van der Waals surface area (Å²) in [4.78, 5) is 15.4. The molecule has 5 nitrogen and oxygen atoms in total. The molecule has 1 rings (SSSR count). The third-order valence-corrected chi connectivity index (χ3v) is 1.84. The van der Waals surface area contributed by atoms with Crippen LogP contribution in [0.2, 0.25) is 0 Å². The predicted octanol–water partition coefficient (Wildman–Crippen LogP) is 1.10. The fraction of sp³-hybridized carbons (Fsp3) is 0.400. The lowest BCUT2D eigenvalue weighted by Gasteiger charge is -2.05. The largest absolute Gasteiger partial charge is 0.384 e. The number of amides is 1. The van der Waals surface area contributed by atoms with E-state index in [4.69, 9.17) is 4.74 Å². The van der Waals surface area contributed by atoms with Gasteiger partial charge in [-0.15, -0.1) is 0 Å². The summed E-state index contributed by atoms with van der Waals surface area (Å²) in [5.41, 5.74) is 0.690. The summed E-state index contributed by atoms with van der Waals surface area (Å²) < 4.78 is 4.80. The minimum Gasteiger partial charge on any atom is -0.384 e. The van der Waals surface area contributed by atoms with Crippen LogP contribution in [0.3, 0.4) is 0 Å². The van der Waals surface area contributed by atoms with Gasteiger partial charge in [0.15, 0.2) is 0 Å². The molecule has 0 aliphatic rings. The normalized spacial score (nSPS) is 9.73. The number of carbonyl (C=O) groups excluding carboxylic acids is 1. The molecule has 0 fully saturated rings. The van der Waals surface area contributed by atoms with Gasteiger partial charge in [-0.1, -0.05) is 0 Å². The number of hydrogen-bond acceptors (Lipinski definition) is 4. The monoisotopic (exact) mass is 209 g/mol. The Labute approximate surface area is 88.9 Å². The van der Waals surface area contributed by atoms with Gasteiger partial charge in [-0.3, -0.25) is 4.79 Å². The van der Waals surface area contributed by atoms with E-state index in [0.29, 0.717) is 18.7 Å². The lowest BCUT2D eigenvalue weighted by molar-refractivity contribution is -0.117. The Morgan fingerprint density at radius 1 is 1.53 bits per heavy atom. The van der Waals surface area contributed by atoms with Gasteiger partial charge in [0.25, 0.3) is 0 Å². The van der Waals surface area contributed by atoms with Crippen molar-refractivity contribution in [3.8, 4) is 0 Å². The molecule has 0 aliphatic carbocycles. The number of hydrogen-bond donors (Lipinski definition) is 2. The van der Waals surface area contributed by atoms with E-state index in [-0.39, 0.29) is 5.91 Å². The van der Waals surface area contributed by atoms with Crippen LogP contribution in [0.15, 0.2) is 18.3 Å². The van der Waals surface area contributed by atoms with Crippen molar-refractivity contribution in [3.63, 3.8) is 0 Å². The third-order valence-electron chi connectivity index (χ3n) is 1.84. The molecule has 2 N–H and O–H groups in total. The summed E-state index contributed by atoms with van der Waals surface area (Å²) in [5.74, 6) is 0.695. The van der Waals surface area contributed by atoms with Crippen molar-refractivity contribution in [2.75, 3.05) is 31.4 Å². The van der Waals surface area contributed by atoms with Crippen molar-refractivity contribution in [3.05, 3.63) is 18.3 Å². The van der Waals surface area contributed by atoms with Crippen molar-refractivity contribution >= 4 is 17.4 Å². The zero-order valence-electron chi connectivity index (χ0n) is 8.91. The number of anilines is 2. The summed E-state index contributed by atoms with van der Waals surface area (Å²) in [6.45, 7) is 0.424. The molecule has 5 heteroatoms. The van der Waals surface area contributed by atoms with Gasteiger partial charge < -0.3 is 15.4 Å². The molecule has 0 unspecified atom stereocenters. The first-order valence-electron chi connectivity index (χ1n) is 4.69. The Hall–Kier alpha value is -1.62. The van der Waals surface area contributed by atoms with Crippen LogP contribution in [0.25, 0.3) is 0 Å². The first-order chi connectivity index (χ1) is 7.26. The highest BCUT2D eigenvalue weighted by molar-refractivity contribution is 5.90. The van der Waals surface area contributed by atoms with Gasteiger partial charge in [-0.25, -0.2) is 4.98 Å². The molecule has 0 bridgehead atoms. The van der Waals surface area contributed by atoms with Crippen molar-refractivity contribution in [1.29, 1.82) is 0 Å². The highest BCUT2D eigenvalue weighted by Gasteiger charge is 2.01. The molecule has 1 aromatic heterocycles. The van der Waals surface area contributed by atoms with Gasteiger partial charge >= 0.3 is 0 Å². The van der Waals surface area contributed by atoms with Gasteiger partial charge in [-0.2, -0.15) is 0 Å². The average molecular weight is 209 g/mol. The maximum atomic E-state index is 11.3. The fourth-order valence-corrected chi connectivity index (χ4v) is 1.03. The summed E-state index contributed by atoms with van der Waals surface area (Å²) in [6, 6.07) is 3.59. The molecule has 1 amide bonds. The van der Waals surface area contributed by atoms with Gasteiger partial charge in [0.05, 0.1) is 24.9 Å². The fourth-order valence-electron chi connectivity index (χ4n) is 1.03. The lowest BCUT2D eigenvalue weighted by Crippen LogP contribution is -2.13. The summed E-state index contributed by atoms with van der Waals surface area (Å²) >= 11 is 0. The molecule has 0 saturated heterocycles. The maximum absolute atomic E-state index is 11.3. The number of carbonyl (C=O) groups is 1. The second-order valence-corrected chi connectivity index (χ2v) is 2.97. The van der Waals surface area contributed by atoms with Crippen molar-refractivity contribution in [2.45, 2.75) is 6.42 Å². The zero-order chi connectivity index (χ0) is 11.1. The highest BCUT2D eigenvalue weighted by Crippen LogP contribution is 2.08. The zero-order valence-corrected chi connectivity index (χ0v) is 8.91. The van der Waals surface area contributed by atoms with Gasteiger partial charge in [0.2, 0.25) is 5.91 Å². The van der Waals surface area contributed by atoms with Crippen molar-refractivity contribution in [1.82, 2.24) is 4.98 Å². The van der Waals surface area contributed by atoms with Crippen LogP contribution in [0.1, 0.15) is 6.42 Å². The van der Waals surface area contributed by atoms with Crippen LogP contribution in [-0.4, -0.2) is 31.7 Å². The van der Waals surface area contributed by atoms with Crippen molar-refractivity contribution < 1.29 is 9.53 Å². The smallest absolute Gasteiger partial charge is 0.226 e. The SMILES string of the molecule is CNc1ccc(NC(=O)CCOC)cn1. The number of methoxy groups -OCH3 is 1. The Bertz CT molecular complexity index is 311. The van der Waals surface area contributed by atoms with E-state index >= 15 is 0 Å². The van der Waals surface area contributed by atoms with E-state index in [1.54, 1.807) is 32.5 Å². The molecule has 0 atom stereocenters. The Kier molecular flexibility index (Phi) is 4.56. The second kappa shape index (κ2) is 5.98. The van der Waals surface area contributed by atoms with E-state index in [1.807, 2.05) is 0 Å². The topological polar surface area (TPSA) is 63.2 Å². The Morgan fingerprint density at radius 3 is 2.87 bits per heavy atom. The van der Waals surface area contributed by atoms with Gasteiger partial charge in [-0.05, 0) is 12.1 Å². The van der Waals surface area contributed by atoms with Crippen LogP contribution < -0.4 is 10.6 Å². The first kappa shape index (κ1) is 11.5.